The van der Waals surface area contributed by atoms with E-state index in [4.69, 9.17) is 5.73 Å². The Morgan fingerprint density at radius 2 is 1.89 bits per heavy atom. The van der Waals surface area contributed by atoms with Gasteiger partial charge < -0.3 is 15.4 Å². The van der Waals surface area contributed by atoms with Crippen molar-refractivity contribution in [3.63, 3.8) is 0 Å². The van der Waals surface area contributed by atoms with Crippen molar-refractivity contribution in [2.45, 2.75) is 39.7 Å². The molecule has 1 aromatic carbocycles. The topological polar surface area (TPSA) is 72.6 Å². The van der Waals surface area contributed by atoms with E-state index in [0.717, 1.165) is 6.42 Å². The molecular weight excluding hydrogens is 354 g/mol. The van der Waals surface area contributed by atoms with Crippen LogP contribution in [0.3, 0.4) is 0 Å². The van der Waals surface area contributed by atoms with E-state index < -0.39 is 11.5 Å². The van der Waals surface area contributed by atoms with E-state index in [-0.39, 0.29) is 28.6 Å². The monoisotopic (exact) mass is 378 g/mol. The highest BCUT2D eigenvalue weighted by atomic mass is 19.3. The average Bonchev–Trinajstić information content (AvgIpc) is 2.94. The van der Waals surface area contributed by atoms with Crippen molar-refractivity contribution in [1.82, 2.24) is 4.90 Å². The van der Waals surface area contributed by atoms with Gasteiger partial charge in [-0.3, -0.25) is 9.59 Å². The number of carbonyl (C=O) groups excluding carboxylic acids is 2. The second-order valence-corrected chi connectivity index (χ2v) is 8.26. The van der Waals surface area contributed by atoms with Gasteiger partial charge in [-0.25, -0.2) is 0 Å². The van der Waals surface area contributed by atoms with E-state index in [1.807, 2.05) is 19.9 Å². The fourth-order valence-corrected chi connectivity index (χ4v) is 4.18. The lowest BCUT2D eigenvalue weighted by Gasteiger charge is -2.39. The zero-order chi connectivity index (χ0) is 20.0. The van der Waals surface area contributed by atoms with Crippen LogP contribution in [0.15, 0.2) is 36.0 Å². The number of ether oxygens (including phenoxy) is 1. The Kier molecular flexibility index (Phi) is 4.52. The Morgan fingerprint density at radius 3 is 2.44 bits per heavy atom. The van der Waals surface area contributed by atoms with Gasteiger partial charge in [0.05, 0.1) is 5.70 Å². The van der Waals surface area contributed by atoms with Crippen molar-refractivity contribution >= 4 is 11.7 Å². The predicted octanol–water partition coefficient (Wildman–Crippen LogP) is 3.35. The molecule has 0 aromatic heterocycles. The predicted molar refractivity (Wildman–Crippen MR) is 96.3 cm³/mol. The van der Waals surface area contributed by atoms with E-state index in [0.29, 0.717) is 32.0 Å². The minimum Gasteiger partial charge on any atom is -0.433 e. The van der Waals surface area contributed by atoms with E-state index in [1.165, 1.54) is 24.3 Å². The number of hydrogen-bond acceptors (Lipinski definition) is 4. The molecule has 2 aliphatic rings. The number of alkyl halides is 2. The second kappa shape index (κ2) is 6.32. The van der Waals surface area contributed by atoms with Crippen molar-refractivity contribution < 1.29 is 23.1 Å². The molecule has 3 rings (SSSR count). The summed E-state index contributed by atoms with van der Waals surface area (Å²) < 4.78 is 30.3. The van der Waals surface area contributed by atoms with Crippen molar-refractivity contribution in [3.05, 3.63) is 41.6 Å². The lowest BCUT2D eigenvalue weighted by molar-refractivity contribution is -0.158. The van der Waals surface area contributed by atoms with Crippen molar-refractivity contribution in [1.29, 1.82) is 0 Å². The van der Waals surface area contributed by atoms with Crippen LogP contribution < -0.4 is 10.5 Å². The number of halogens is 2. The average molecular weight is 378 g/mol. The summed E-state index contributed by atoms with van der Waals surface area (Å²) in [7, 11) is 0. The first kappa shape index (κ1) is 19.3. The van der Waals surface area contributed by atoms with Crippen LogP contribution in [0.1, 0.15) is 44.0 Å². The van der Waals surface area contributed by atoms with E-state index >= 15 is 0 Å². The Bertz CT molecular complexity index is 796. The van der Waals surface area contributed by atoms with Gasteiger partial charge in [0.2, 0.25) is 0 Å². The molecule has 1 aliphatic heterocycles. The standard InChI is InChI=1S/C20H24F2N2O3/c1-18(2)11-20(10-15(23)16(18)25)8-9-24(12-20)17(26)13-4-6-14(7-5-13)27-19(3,21)22/h4-7,10H,8-9,11-12,23H2,1-3H3/t20-/m0/s1. The van der Waals surface area contributed by atoms with Crippen LogP contribution in [0.2, 0.25) is 0 Å². The summed E-state index contributed by atoms with van der Waals surface area (Å²) in [5.74, 6) is -0.232. The third-order valence-corrected chi connectivity index (χ3v) is 5.20. The van der Waals surface area contributed by atoms with Gasteiger partial charge in [-0.2, -0.15) is 8.78 Å². The highest BCUT2D eigenvalue weighted by molar-refractivity contribution is 6.00. The van der Waals surface area contributed by atoms with Gasteiger partial charge in [-0.1, -0.05) is 13.8 Å². The SMILES string of the molecule is CC(F)(F)Oc1ccc(C(=O)N2CC[C@@]3(C=C(N)C(=O)C(C)(C)C3)C2)cc1. The zero-order valence-electron chi connectivity index (χ0n) is 15.7. The van der Waals surface area contributed by atoms with Gasteiger partial charge in [-0.05, 0) is 43.2 Å². The molecule has 0 radical (unpaired) electrons. The molecule has 1 atom stereocenters. The number of allylic oxidation sites excluding steroid dienone is 1. The molecular formula is C20H24F2N2O3. The van der Waals surface area contributed by atoms with Crippen molar-refractivity contribution in [2.75, 3.05) is 13.1 Å². The number of benzene rings is 1. The molecule has 2 N–H and O–H groups in total. The minimum absolute atomic E-state index is 0.000177. The molecule has 1 amide bonds. The molecule has 1 fully saturated rings. The summed E-state index contributed by atoms with van der Waals surface area (Å²) in [5.41, 5.74) is 5.76. The largest absolute Gasteiger partial charge is 0.433 e. The van der Waals surface area contributed by atoms with Gasteiger partial charge in [-0.15, -0.1) is 0 Å². The Hall–Kier alpha value is -2.44. The minimum atomic E-state index is -3.27. The number of ketones is 1. The molecule has 1 aromatic rings. The fraction of sp³-hybridized carbons (Fsp3) is 0.500. The third kappa shape index (κ3) is 3.96. The summed E-state index contributed by atoms with van der Waals surface area (Å²) in [6.45, 7) is 5.45. The van der Waals surface area contributed by atoms with E-state index in [2.05, 4.69) is 4.74 Å². The second-order valence-electron chi connectivity index (χ2n) is 8.26. The highest BCUT2D eigenvalue weighted by Crippen LogP contribution is 2.47. The number of nitrogens with zero attached hydrogens (tertiary/aromatic N) is 1. The fourth-order valence-electron chi connectivity index (χ4n) is 4.18. The number of likely N-dealkylation sites (tertiary alicyclic amines) is 1. The molecule has 27 heavy (non-hydrogen) atoms. The molecule has 1 aliphatic carbocycles. The van der Waals surface area contributed by atoms with E-state index in [1.54, 1.807) is 4.90 Å². The van der Waals surface area contributed by atoms with Crippen LogP contribution in [-0.2, 0) is 4.79 Å². The maximum absolute atomic E-state index is 12.9. The third-order valence-electron chi connectivity index (χ3n) is 5.20. The van der Waals surface area contributed by atoms with Crippen LogP contribution in [-0.4, -0.2) is 35.8 Å². The summed E-state index contributed by atoms with van der Waals surface area (Å²) in [5, 5.41) is 0. The smallest absolute Gasteiger partial charge is 0.394 e. The molecule has 0 unspecified atom stereocenters. The Morgan fingerprint density at radius 1 is 1.26 bits per heavy atom. The molecule has 0 saturated carbocycles. The Balaban J connectivity index is 1.74. The van der Waals surface area contributed by atoms with Crippen molar-refractivity contribution in [3.8, 4) is 5.75 Å². The zero-order valence-corrected chi connectivity index (χ0v) is 15.7. The first-order valence-electron chi connectivity index (χ1n) is 8.90. The van der Waals surface area contributed by atoms with Gasteiger partial charge in [0.25, 0.3) is 5.91 Å². The maximum atomic E-state index is 12.9. The number of nitrogens with two attached hydrogens (primary N) is 1. The van der Waals surface area contributed by atoms with Gasteiger partial charge in [0.15, 0.2) is 5.78 Å². The van der Waals surface area contributed by atoms with Crippen LogP contribution >= 0.6 is 0 Å². The summed E-state index contributed by atoms with van der Waals surface area (Å²) in [6.07, 6.45) is -0.0838. The van der Waals surface area contributed by atoms with Gasteiger partial charge in [0, 0.05) is 36.4 Å². The van der Waals surface area contributed by atoms with E-state index in [9.17, 15) is 18.4 Å². The highest BCUT2D eigenvalue weighted by Gasteiger charge is 2.48. The van der Waals surface area contributed by atoms with Crippen LogP contribution in [0.4, 0.5) is 8.78 Å². The summed E-state index contributed by atoms with van der Waals surface area (Å²) in [6, 6.07) is 5.67. The molecule has 1 heterocycles. The van der Waals surface area contributed by atoms with Crippen LogP contribution in [0, 0.1) is 10.8 Å². The molecule has 1 spiro atoms. The molecule has 1 saturated heterocycles. The number of amides is 1. The first-order valence-corrected chi connectivity index (χ1v) is 8.90. The lowest BCUT2D eigenvalue weighted by atomic mass is 9.65. The normalized spacial score (nSPS) is 24.9. The van der Waals surface area contributed by atoms with Gasteiger partial charge >= 0.3 is 6.11 Å². The molecule has 7 heteroatoms. The van der Waals surface area contributed by atoms with Crippen LogP contribution in [0.25, 0.3) is 0 Å². The molecule has 146 valence electrons. The first-order chi connectivity index (χ1) is 12.4. The quantitative estimate of drug-likeness (QED) is 0.875. The molecule has 0 bridgehead atoms. The Labute approximate surface area is 157 Å². The summed E-state index contributed by atoms with van der Waals surface area (Å²) in [4.78, 5) is 26.7. The van der Waals surface area contributed by atoms with Crippen LogP contribution in [0.5, 0.6) is 5.75 Å². The maximum Gasteiger partial charge on any atom is 0.394 e. The number of rotatable bonds is 3. The lowest BCUT2D eigenvalue weighted by Crippen LogP contribution is -2.42. The number of hydrogen-bond donors (Lipinski definition) is 1. The number of Topliss-reactive ketones (excluding diaryl/α,β-unsaturated/α-hetero) is 1. The molecule has 5 nitrogen and oxygen atoms in total. The number of carbonyl (C=O) groups is 2. The van der Waals surface area contributed by atoms with Crippen molar-refractivity contribution in [2.24, 2.45) is 16.6 Å². The van der Waals surface area contributed by atoms with Gasteiger partial charge in [0.1, 0.15) is 5.75 Å². The summed E-state index contributed by atoms with van der Waals surface area (Å²) >= 11 is 0.